The molecule has 106 valence electrons. The molecule has 4 heteroatoms. The van der Waals surface area contributed by atoms with Gasteiger partial charge in [0.1, 0.15) is 11.9 Å². The van der Waals surface area contributed by atoms with Crippen LogP contribution in [0.2, 0.25) is 0 Å². The van der Waals surface area contributed by atoms with Gasteiger partial charge in [0.05, 0.1) is 11.3 Å². The van der Waals surface area contributed by atoms with Crippen LogP contribution in [0.1, 0.15) is 29.9 Å². The Labute approximate surface area is 131 Å². The second-order valence-corrected chi connectivity index (χ2v) is 6.19. The van der Waals surface area contributed by atoms with E-state index in [0.717, 1.165) is 23.0 Å². The summed E-state index contributed by atoms with van der Waals surface area (Å²) in [5, 5.41) is 12.4. The van der Waals surface area contributed by atoms with E-state index >= 15 is 0 Å². The summed E-state index contributed by atoms with van der Waals surface area (Å²) in [7, 11) is 0. The highest BCUT2D eigenvalue weighted by atomic mass is 79.9. The van der Waals surface area contributed by atoms with Crippen molar-refractivity contribution in [2.75, 3.05) is 5.32 Å². The lowest BCUT2D eigenvalue weighted by Crippen LogP contribution is -2.34. The number of nitriles is 1. The summed E-state index contributed by atoms with van der Waals surface area (Å²) in [6.07, 6.45) is 2.04. The Morgan fingerprint density at radius 1 is 1.19 bits per heavy atom. The van der Waals surface area contributed by atoms with Crippen molar-refractivity contribution in [2.24, 2.45) is 0 Å². The van der Waals surface area contributed by atoms with Gasteiger partial charge < -0.3 is 5.32 Å². The molecule has 2 nitrogen and oxygen atoms in total. The van der Waals surface area contributed by atoms with Gasteiger partial charge >= 0.3 is 0 Å². The van der Waals surface area contributed by atoms with E-state index in [1.807, 2.05) is 12.1 Å². The minimum atomic E-state index is -0.378. The minimum Gasteiger partial charge on any atom is -0.381 e. The van der Waals surface area contributed by atoms with Gasteiger partial charge in [-0.3, -0.25) is 0 Å². The molecule has 0 radical (unpaired) electrons. The predicted octanol–water partition coefficient (Wildman–Crippen LogP) is 4.82. The van der Waals surface area contributed by atoms with Gasteiger partial charge in [0.2, 0.25) is 0 Å². The van der Waals surface area contributed by atoms with Gasteiger partial charge in [-0.25, -0.2) is 4.39 Å². The average Bonchev–Trinajstić information content (AvgIpc) is 2.44. The third-order valence-electron chi connectivity index (χ3n) is 3.94. The molecule has 0 atom stereocenters. The summed E-state index contributed by atoms with van der Waals surface area (Å²) < 4.78 is 14.3. The fourth-order valence-electron chi connectivity index (χ4n) is 2.75. The Morgan fingerprint density at radius 2 is 1.95 bits per heavy atom. The third kappa shape index (κ3) is 2.93. The molecule has 0 bridgehead atoms. The molecular formula is C17H14BrFN2. The summed E-state index contributed by atoms with van der Waals surface area (Å²) >= 11 is 3.58. The van der Waals surface area contributed by atoms with Gasteiger partial charge in [-0.15, -0.1) is 0 Å². The number of nitrogens with zero attached hydrogens (tertiary/aromatic N) is 1. The molecule has 0 aliphatic heterocycles. The molecule has 0 spiro atoms. The van der Waals surface area contributed by atoms with E-state index < -0.39 is 0 Å². The van der Waals surface area contributed by atoms with Gasteiger partial charge in [0.15, 0.2) is 0 Å². The van der Waals surface area contributed by atoms with Crippen LogP contribution in [0.25, 0.3) is 0 Å². The summed E-state index contributed by atoms with van der Waals surface area (Å²) in [5.41, 5.74) is 2.41. The number of benzene rings is 2. The molecule has 2 aromatic rings. The molecule has 1 aliphatic carbocycles. The van der Waals surface area contributed by atoms with E-state index in [1.165, 1.54) is 17.7 Å². The number of hydrogen-bond donors (Lipinski definition) is 1. The first-order valence-corrected chi connectivity index (χ1v) is 7.67. The number of nitrogens with one attached hydrogen (secondary N) is 1. The standard InChI is InChI=1S/C17H14BrFN2/c18-16-4-2-1-3-15(16)11-8-14(9-11)21-17-6-5-13(19)7-12(17)10-20/h1-7,11,14,21H,8-9H2. The first-order valence-electron chi connectivity index (χ1n) is 6.88. The Kier molecular flexibility index (Phi) is 3.94. The maximum atomic E-state index is 13.1. The van der Waals surface area contributed by atoms with Crippen molar-refractivity contribution in [3.63, 3.8) is 0 Å². The van der Waals surface area contributed by atoms with E-state index in [0.29, 0.717) is 17.5 Å². The maximum Gasteiger partial charge on any atom is 0.124 e. The van der Waals surface area contributed by atoms with Gasteiger partial charge in [0.25, 0.3) is 0 Å². The van der Waals surface area contributed by atoms with Gasteiger partial charge in [0, 0.05) is 10.5 Å². The smallest absolute Gasteiger partial charge is 0.124 e. The molecule has 1 fully saturated rings. The summed E-state index contributed by atoms with van der Waals surface area (Å²) in [6, 6.07) is 14.9. The zero-order valence-corrected chi connectivity index (χ0v) is 12.9. The zero-order valence-electron chi connectivity index (χ0n) is 11.3. The lowest BCUT2D eigenvalue weighted by molar-refractivity contribution is 0.373. The van der Waals surface area contributed by atoms with Crippen LogP contribution < -0.4 is 5.32 Å². The molecule has 0 saturated heterocycles. The SMILES string of the molecule is N#Cc1cc(F)ccc1NC1CC(c2ccccc2Br)C1. The Bertz CT molecular complexity index is 702. The van der Waals surface area contributed by atoms with E-state index in [-0.39, 0.29) is 5.82 Å². The van der Waals surface area contributed by atoms with Crippen LogP contribution in [-0.4, -0.2) is 6.04 Å². The largest absolute Gasteiger partial charge is 0.381 e. The highest BCUT2D eigenvalue weighted by Crippen LogP contribution is 2.41. The fraction of sp³-hybridized carbons (Fsp3) is 0.235. The summed E-state index contributed by atoms with van der Waals surface area (Å²) in [6.45, 7) is 0. The van der Waals surface area contributed by atoms with E-state index in [4.69, 9.17) is 5.26 Å². The number of anilines is 1. The first kappa shape index (κ1) is 14.1. The van der Waals surface area contributed by atoms with Gasteiger partial charge in [-0.1, -0.05) is 34.1 Å². The quantitative estimate of drug-likeness (QED) is 0.866. The molecule has 1 N–H and O–H groups in total. The number of rotatable bonds is 3. The molecule has 0 aromatic heterocycles. The van der Waals surface area contributed by atoms with Crippen LogP contribution >= 0.6 is 15.9 Å². The summed E-state index contributed by atoms with van der Waals surface area (Å²) in [5.74, 6) is 0.154. The summed E-state index contributed by atoms with van der Waals surface area (Å²) in [4.78, 5) is 0. The van der Waals surface area contributed by atoms with Crippen molar-refractivity contribution in [1.29, 1.82) is 5.26 Å². The van der Waals surface area contributed by atoms with Crippen LogP contribution in [0.5, 0.6) is 0 Å². The van der Waals surface area contributed by atoms with Crippen molar-refractivity contribution in [2.45, 2.75) is 24.8 Å². The lowest BCUT2D eigenvalue weighted by atomic mass is 9.76. The van der Waals surface area contributed by atoms with Crippen molar-refractivity contribution in [3.05, 3.63) is 63.9 Å². The van der Waals surface area contributed by atoms with E-state index in [1.54, 1.807) is 6.07 Å². The van der Waals surface area contributed by atoms with Crippen molar-refractivity contribution < 1.29 is 4.39 Å². The molecule has 1 saturated carbocycles. The number of hydrogen-bond acceptors (Lipinski definition) is 2. The van der Waals surface area contributed by atoms with Crippen molar-refractivity contribution in [1.82, 2.24) is 0 Å². The second-order valence-electron chi connectivity index (χ2n) is 5.33. The predicted molar refractivity (Wildman–Crippen MR) is 84.6 cm³/mol. The van der Waals surface area contributed by atoms with Gasteiger partial charge in [-0.2, -0.15) is 5.26 Å². The normalized spacial score (nSPS) is 20.4. The maximum absolute atomic E-state index is 13.1. The molecule has 3 rings (SSSR count). The number of halogens is 2. The van der Waals surface area contributed by atoms with Crippen LogP contribution in [0.4, 0.5) is 10.1 Å². The van der Waals surface area contributed by atoms with Crippen LogP contribution in [0.3, 0.4) is 0 Å². The average molecular weight is 345 g/mol. The molecule has 1 aliphatic rings. The molecule has 0 heterocycles. The third-order valence-corrected chi connectivity index (χ3v) is 4.67. The van der Waals surface area contributed by atoms with Crippen molar-refractivity contribution in [3.8, 4) is 6.07 Å². The van der Waals surface area contributed by atoms with Crippen LogP contribution in [0, 0.1) is 17.1 Å². The zero-order chi connectivity index (χ0) is 14.8. The fourth-order valence-corrected chi connectivity index (χ4v) is 3.36. The van der Waals surface area contributed by atoms with Crippen LogP contribution in [-0.2, 0) is 0 Å². The Morgan fingerprint density at radius 3 is 2.67 bits per heavy atom. The van der Waals surface area contributed by atoms with Crippen LogP contribution in [0.15, 0.2) is 46.9 Å². The van der Waals surface area contributed by atoms with E-state index in [2.05, 4.69) is 39.4 Å². The monoisotopic (exact) mass is 344 g/mol. The topological polar surface area (TPSA) is 35.8 Å². The molecule has 21 heavy (non-hydrogen) atoms. The molecule has 0 unspecified atom stereocenters. The second kappa shape index (κ2) is 5.87. The first-order chi connectivity index (χ1) is 10.2. The highest BCUT2D eigenvalue weighted by molar-refractivity contribution is 9.10. The van der Waals surface area contributed by atoms with Gasteiger partial charge in [-0.05, 0) is 48.6 Å². The van der Waals surface area contributed by atoms with Crippen molar-refractivity contribution >= 4 is 21.6 Å². The van der Waals surface area contributed by atoms with E-state index in [9.17, 15) is 4.39 Å². The lowest BCUT2D eigenvalue weighted by Gasteiger charge is -2.37. The molecule has 2 aromatic carbocycles. The Balaban J connectivity index is 1.66. The molecule has 0 amide bonds. The molecular weight excluding hydrogens is 331 g/mol. The Hall–Kier alpha value is -1.86. The minimum absolute atomic E-state index is 0.333. The highest BCUT2D eigenvalue weighted by Gasteiger charge is 2.31.